The maximum Gasteiger partial charge on any atom is 0.357 e. The SMILES string of the molecule is CCOC(=O)c1csc(NC(=O)c2sccc2S(=O)(=O)N2CCc3ccccc3C2)n1. The lowest BCUT2D eigenvalue weighted by molar-refractivity contribution is 0.0520. The lowest BCUT2D eigenvalue weighted by Crippen LogP contribution is -2.36. The number of amides is 1. The first-order chi connectivity index (χ1) is 14.9. The van der Waals surface area contributed by atoms with Crippen LogP contribution in [0.5, 0.6) is 0 Å². The number of fused-ring (bicyclic) bond motifs is 1. The molecule has 3 aromatic rings. The van der Waals surface area contributed by atoms with Crippen molar-refractivity contribution in [2.24, 2.45) is 0 Å². The molecule has 4 rings (SSSR count). The van der Waals surface area contributed by atoms with Crippen molar-refractivity contribution in [2.75, 3.05) is 18.5 Å². The van der Waals surface area contributed by atoms with E-state index < -0.39 is 21.9 Å². The molecule has 162 valence electrons. The number of hydrogen-bond donors (Lipinski definition) is 1. The zero-order valence-electron chi connectivity index (χ0n) is 16.5. The van der Waals surface area contributed by atoms with Gasteiger partial charge in [0, 0.05) is 18.5 Å². The van der Waals surface area contributed by atoms with Gasteiger partial charge < -0.3 is 4.74 Å². The number of thiophene rings is 1. The molecule has 0 saturated heterocycles. The summed E-state index contributed by atoms with van der Waals surface area (Å²) in [4.78, 5) is 28.6. The Morgan fingerprint density at radius 2 is 1.97 bits per heavy atom. The van der Waals surface area contributed by atoms with Gasteiger partial charge in [0.15, 0.2) is 10.8 Å². The normalized spacial score (nSPS) is 14.1. The van der Waals surface area contributed by atoms with Crippen LogP contribution in [-0.4, -0.2) is 42.7 Å². The predicted molar refractivity (Wildman–Crippen MR) is 118 cm³/mol. The van der Waals surface area contributed by atoms with Crippen molar-refractivity contribution in [1.82, 2.24) is 9.29 Å². The quantitative estimate of drug-likeness (QED) is 0.546. The fraction of sp³-hybridized carbons (Fsp3) is 0.250. The fourth-order valence-corrected chi connectivity index (χ4v) is 6.65. The van der Waals surface area contributed by atoms with Crippen molar-refractivity contribution >= 4 is 49.7 Å². The Hall–Kier alpha value is -2.60. The van der Waals surface area contributed by atoms with Gasteiger partial charge >= 0.3 is 5.97 Å². The highest BCUT2D eigenvalue weighted by atomic mass is 32.2. The molecule has 1 aliphatic heterocycles. The number of carbonyl (C=O) groups excluding carboxylic acids is 2. The van der Waals surface area contributed by atoms with Crippen molar-refractivity contribution in [2.45, 2.75) is 24.8 Å². The lowest BCUT2D eigenvalue weighted by atomic mass is 10.0. The first-order valence-corrected chi connectivity index (χ1v) is 12.7. The number of benzene rings is 1. The third kappa shape index (κ3) is 4.40. The number of hydrogen-bond acceptors (Lipinski definition) is 8. The molecular weight excluding hydrogens is 458 g/mol. The zero-order valence-corrected chi connectivity index (χ0v) is 19.0. The molecule has 1 N–H and O–H groups in total. The molecule has 0 aliphatic carbocycles. The van der Waals surface area contributed by atoms with Crippen molar-refractivity contribution in [3.05, 3.63) is 62.8 Å². The lowest BCUT2D eigenvalue weighted by Gasteiger charge is -2.28. The highest BCUT2D eigenvalue weighted by molar-refractivity contribution is 7.89. The van der Waals surface area contributed by atoms with Crippen molar-refractivity contribution in [1.29, 1.82) is 0 Å². The summed E-state index contributed by atoms with van der Waals surface area (Å²) in [5, 5.41) is 5.82. The summed E-state index contributed by atoms with van der Waals surface area (Å²) in [6.45, 7) is 2.53. The number of ether oxygens (including phenoxy) is 1. The van der Waals surface area contributed by atoms with Gasteiger partial charge in [0.25, 0.3) is 5.91 Å². The summed E-state index contributed by atoms with van der Waals surface area (Å²) in [7, 11) is -3.85. The Kier molecular flexibility index (Phi) is 6.19. The van der Waals surface area contributed by atoms with Crippen molar-refractivity contribution in [3.63, 3.8) is 0 Å². The highest BCUT2D eigenvalue weighted by Gasteiger charge is 2.32. The fourth-order valence-electron chi connectivity index (χ4n) is 3.26. The number of nitrogens with one attached hydrogen (secondary N) is 1. The molecule has 0 atom stereocenters. The van der Waals surface area contributed by atoms with E-state index in [4.69, 9.17) is 4.74 Å². The monoisotopic (exact) mass is 477 g/mol. The summed E-state index contributed by atoms with van der Waals surface area (Å²) in [5.41, 5.74) is 2.19. The minimum absolute atomic E-state index is 0.0310. The van der Waals surface area contributed by atoms with Crippen LogP contribution in [0, 0.1) is 0 Å². The predicted octanol–water partition coefficient (Wildman–Crippen LogP) is 3.38. The van der Waals surface area contributed by atoms with Gasteiger partial charge in [-0.3, -0.25) is 10.1 Å². The molecule has 0 unspecified atom stereocenters. The second kappa shape index (κ2) is 8.87. The Labute approximate surface area is 187 Å². The van der Waals surface area contributed by atoms with E-state index in [9.17, 15) is 18.0 Å². The Bertz CT molecular complexity index is 1230. The second-order valence-electron chi connectivity index (χ2n) is 6.68. The largest absolute Gasteiger partial charge is 0.461 e. The molecule has 2 aromatic heterocycles. The van der Waals surface area contributed by atoms with E-state index in [0.29, 0.717) is 13.0 Å². The van der Waals surface area contributed by atoms with Crippen molar-refractivity contribution in [3.8, 4) is 0 Å². The average molecular weight is 478 g/mol. The number of nitrogens with zero attached hydrogens (tertiary/aromatic N) is 2. The topological polar surface area (TPSA) is 106 Å². The minimum atomic E-state index is -3.85. The van der Waals surface area contributed by atoms with Gasteiger partial charge in [-0.2, -0.15) is 4.31 Å². The molecule has 0 saturated carbocycles. The molecule has 3 heterocycles. The van der Waals surface area contributed by atoms with E-state index in [1.54, 1.807) is 12.3 Å². The van der Waals surface area contributed by atoms with Crippen LogP contribution in [0.15, 0.2) is 46.0 Å². The van der Waals surface area contributed by atoms with Crippen LogP contribution in [-0.2, 0) is 27.7 Å². The molecule has 1 aliphatic rings. The zero-order chi connectivity index (χ0) is 22.0. The van der Waals surface area contributed by atoms with Gasteiger partial charge in [-0.1, -0.05) is 24.3 Å². The third-order valence-electron chi connectivity index (χ3n) is 4.76. The van der Waals surface area contributed by atoms with Gasteiger partial charge in [-0.15, -0.1) is 22.7 Å². The van der Waals surface area contributed by atoms with Crippen LogP contribution in [0.1, 0.15) is 38.2 Å². The van der Waals surface area contributed by atoms with E-state index >= 15 is 0 Å². The number of carbonyl (C=O) groups is 2. The minimum Gasteiger partial charge on any atom is -0.461 e. The van der Waals surface area contributed by atoms with E-state index in [-0.39, 0.29) is 33.7 Å². The third-order valence-corrected chi connectivity index (χ3v) is 8.45. The number of rotatable bonds is 6. The van der Waals surface area contributed by atoms with E-state index in [0.717, 1.165) is 33.8 Å². The molecule has 11 heteroatoms. The molecule has 0 radical (unpaired) electrons. The second-order valence-corrected chi connectivity index (χ2v) is 10.4. The molecule has 8 nitrogen and oxygen atoms in total. The summed E-state index contributed by atoms with van der Waals surface area (Å²) in [6.07, 6.45) is 0.622. The summed E-state index contributed by atoms with van der Waals surface area (Å²) in [5.74, 6) is -1.17. The first kappa shape index (κ1) is 21.6. The molecule has 1 amide bonds. The molecule has 1 aromatic carbocycles. The van der Waals surface area contributed by atoms with Gasteiger partial charge in [0.2, 0.25) is 10.0 Å². The smallest absolute Gasteiger partial charge is 0.357 e. The van der Waals surface area contributed by atoms with E-state index in [2.05, 4.69) is 10.3 Å². The van der Waals surface area contributed by atoms with Gasteiger partial charge in [0.1, 0.15) is 9.77 Å². The molecule has 0 bridgehead atoms. The van der Waals surface area contributed by atoms with Gasteiger partial charge in [0.05, 0.1) is 6.61 Å². The van der Waals surface area contributed by atoms with Crippen LogP contribution in [0.2, 0.25) is 0 Å². The molecular formula is C20H19N3O5S3. The number of thiazole rings is 1. The molecule has 31 heavy (non-hydrogen) atoms. The Morgan fingerprint density at radius 3 is 2.74 bits per heavy atom. The Morgan fingerprint density at radius 1 is 1.19 bits per heavy atom. The van der Waals surface area contributed by atoms with Crippen LogP contribution < -0.4 is 5.32 Å². The number of sulfonamides is 1. The Balaban J connectivity index is 1.53. The van der Waals surface area contributed by atoms with Crippen LogP contribution in [0.3, 0.4) is 0 Å². The number of esters is 1. The van der Waals surface area contributed by atoms with Gasteiger partial charge in [-0.05, 0) is 35.9 Å². The highest BCUT2D eigenvalue weighted by Crippen LogP contribution is 2.30. The first-order valence-electron chi connectivity index (χ1n) is 9.48. The summed E-state index contributed by atoms with van der Waals surface area (Å²) < 4.78 is 32.8. The summed E-state index contributed by atoms with van der Waals surface area (Å²) in [6, 6.07) is 9.19. The standard InChI is InChI=1S/C20H19N3O5S3/c1-2-28-19(25)15-12-30-20(21-15)22-18(24)17-16(8-10-29-17)31(26,27)23-9-7-13-5-3-4-6-14(13)11-23/h3-6,8,10,12H,2,7,9,11H2,1H3,(H,21,22,24). The molecule has 0 fully saturated rings. The van der Waals surface area contributed by atoms with Crippen LogP contribution >= 0.6 is 22.7 Å². The maximum atomic E-state index is 13.3. The van der Waals surface area contributed by atoms with E-state index in [1.165, 1.54) is 15.8 Å². The van der Waals surface area contributed by atoms with Gasteiger partial charge in [-0.25, -0.2) is 18.2 Å². The maximum absolute atomic E-state index is 13.3. The molecule has 0 spiro atoms. The number of aromatic nitrogens is 1. The van der Waals surface area contributed by atoms with Crippen molar-refractivity contribution < 1.29 is 22.7 Å². The van der Waals surface area contributed by atoms with Crippen LogP contribution in [0.25, 0.3) is 0 Å². The van der Waals surface area contributed by atoms with Crippen LogP contribution in [0.4, 0.5) is 5.13 Å². The average Bonchev–Trinajstić information content (AvgIpc) is 3.44. The summed E-state index contributed by atoms with van der Waals surface area (Å²) >= 11 is 2.11. The van der Waals surface area contributed by atoms with E-state index in [1.807, 2.05) is 24.3 Å². The number of anilines is 1.